The summed E-state index contributed by atoms with van der Waals surface area (Å²) in [5.74, 6) is -0.151. The number of carbonyl (C=O) groups excluding carboxylic acids is 1. The van der Waals surface area contributed by atoms with Gasteiger partial charge in [0, 0.05) is 17.3 Å². The number of amides is 1. The Morgan fingerprint density at radius 2 is 1.72 bits per heavy atom. The molecule has 146 valence electrons. The van der Waals surface area contributed by atoms with Gasteiger partial charge in [0.1, 0.15) is 0 Å². The van der Waals surface area contributed by atoms with Crippen LogP contribution in [0.3, 0.4) is 0 Å². The molecular formula is C23H21ClN4O. The number of aryl methyl sites for hydroxylation is 3. The maximum absolute atomic E-state index is 13.0. The topological polar surface area (TPSA) is 59.8 Å². The number of aromatic nitrogens is 3. The number of benzene rings is 2. The van der Waals surface area contributed by atoms with Gasteiger partial charge in [-0.25, -0.2) is 9.67 Å². The zero-order chi connectivity index (χ0) is 20.5. The lowest BCUT2D eigenvalue weighted by Crippen LogP contribution is -2.23. The van der Waals surface area contributed by atoms with Crippen molar-refractivity contribution in [1.29, 1.82) is 0 Å². The molecule has 0 spiro atoms. The maximum atomic E-state index is 13.0. The molecule has 6 heteroatoms. The van der Waals surface area contributed by atoms with Crippen LogP contribution in [0.1, 0.15) is 32.9 Å². The van der Waals surface area contributed by atoms with E-state index >= 15 is 0 Å². The highest BCUT2D eigenvalue weighted by Gasteiger charge is 2.19. The van der Waals surface area contributed by atoms with E-state index in [0.29, 0.717) is 22.8 Å². The Bertz CT molecular complexity index is 1190. The first-order valence-corrected chi connectivity index (χ1v) is 9.77. The van der Waals surface area contributed by atoms with Crippen molar-refractivity contribution in [3.05, 3.63) is 87.7 Å². The van der Waals surface area contributed by atoms with E-state index in [1.165, 1.54) is 5.56 Å². The number of carbonyl (C=O) groups is 1. The molecule has 0 atom stereocenters. The Morgan fingerprint density at radius 1 is 1.03 bits per heavy atom. The van der Waals surface area contributed by atoms with Crippen molar-refractivity contribution in [2.45, 2.75) is 27.3 Å². The molecule has 4 aromatic rings. The largest absolute Gasteiger partial charge is 0.348 e. The molecule has 2 aromatic heterocycles. The molecule has 0 aliphatic heterocycles. The molecule has 1 amide bonds. The van der Waals surface area contributed by atoms with Gasteiger partial charge in [-0.1, -0.05) is 41.4 Å². The van der Waals surface area contributed by atoms with Gasteiger partial charge in [0.05, 0.1) is 22.3 Å². The molecule has 0 radical (unpaired) electrons. The van der Waals surface area contributed by atoms with Crippen LogP contribution in [0.2, 0.25) is 5.02 Å². The van der Waals surface area contributed by atoms with Crippen LogP contribution in [0.4, 0.5) is 0 Å². The first-order valence-electron chi connectivity index (χ1n) is 9.39. The summed E-state index contributed by atoms with van der Waals surface area (Å²) in [4.78, 5) is 17.7. The molecule has 0 bridgehead atoms. The first-order chi connectivity index (χ1) is 13.9. The minimum Gasteiger partial charge on any atom is -0.348 e. The summed E-state index contributed by atoms with van der Waals surface area (Å²) < 4.78 is 1.80. The Balaban J connectivity index is 1.71. The third-order valence-corrected chi connectivity index (χ3v) is 5.08. The number of fused-ring (bicyclic) bond motifs is 1. The quantitative estimate of drug-likeness (QED) is 0.524. The molecule has 0 saturated heterocycles. The molecule has 0 aliphatic rings. The van der Waals surface area contributed by atoms with Gasteiger partial charge in [0.2, 0.25) is 0 Å². The second kappa shape index (κ2) is 7.68. The van der Waals surface area contributed by atoms with Crippen molar-refractivity contribution < 1.29 is 4.79 Å². The van der Waals surface area contributed by atoms with Crippen LogP contribution in [0.25, 0.3) is 16.7 Å². The van der Waals surface area contributed by atoms with Crippen LogP contribution < -0.4 is 5.32 Å². The highest BCUT2D eigenvalue weighted by molar-refractivity contribution is 6.30. The summed E-state index contributed by atoms with van der Waals surface area (Å²) in [6.45, 7) is 6.25. The van der Waals surface area contributed by atoms with Crippen LogP contribution in [0.5, 0.6) is 0 Å². The summed E-state index contributed by atoms with van der Waals surface area (Å²) in [7, 11) is 0. The van der Waals surface area contributed by atoms with Crippen molar-refractivity contribution in [1.82, 2.24) is 20.1 Å². The molecule has 5 nitrogen and oxygen atoms in total. The third kappa shape index (κ3) is 3.87. The number of hydrogen-bond acceptors (Lipinski definition) is 3. The van der Waals surface area contributed by atoms with Crippen LogP contribution in [0, 0.1) is 20.8 Å². The minimum absolute atomic E-state index is 0.151. The monoisotopic (exact) mass is 404 g/mol. The maximum Gasteiger partial charge on any atom is 0.252 e. The Hall–Kier alpha value is -3.18. The Kier molecular flexibility index (Phi) is 5.07. The van der Waals surface area contributed by atoms with Crippen molar-refractivity contribution in [3.8, 4) is 5.69 Å². The summed E-state index contributed by atoms with van der Waals surface area (Å²) in [5, 5.41) is 9.09. The van der Waals surface area contributed by atoms with E-state index in [1.54, 1.807) is 4.68 Å². The molecule has 0 saturated carbocycles. The third-order valence-electron chi connectivity index (χ3n) is 4.83. The van der Waals surface area contributed by atoms with Gasteiger partial charge >= 0.3 is 0 Å². The molecule has 4 rings (SSSR count). The lowest BCUT2D eigenvalue weighted by molar-refractivity contribution is 0.0952. The van der Waals surface area contributed by atoms with E-state index in [-0.39, 0.29) is 5.91 Å². The van der Waals surface area contributed by atoms with Crippen molar-refractivity contribution >= 4 is 28.5 Å². The average molecular weight is 405 g/mol. The molecule has 1 N–H and O–H groups in total. The molecular weight excluding hydrogens is 384 g/mol. The van der Waals surface area contributed by atoms with Crippen molar-refractivity contribution in [2.75, 3.05) is 0 Å². The van der Waals surface area contributed by atoms with Gasteiger partial charge in [-0.2, -0.15) is 5.10 Å². The first kappa shape index (κ1) is 19.2. The van der Waals surface area contributed by atoms with Gasteiger partial charge in [-0.3, -0.25) is 4.79 Å². The smallest absolute Gasteiger partial charge is 0.252 e. The Morgan fingerprint density at radius 3 is 2.41 bits per heavy atom. The number of nitrogens with one attached hydrogen (secondary N) is 1. The molecule has 0 fully saturated rings. The van der Waals surface area contributed by atoms with Crippen LogP contribution in [-0.4, -0.2) is 20.7 Å². The number of rotatable bonds is 4. The predicted octanol–water partition coefficient (Wildman–Crippen LogP) is 4.93. The van der Waals surface area contributed by atoms with Crippen LogP contribution in [-0.2, 0) is 6.54 Å². The second-order valence-corrected chi connectivity index (χ2v) is 7.59. The highest BCUT2D eigenvalue weighted by Crippen LogP contribution is 2.25. The average Bonchev–Trinajstić information content (AvgIpc) is 3.03. The number of nitrogens with zero attached hydrogens (tertiary/aromatic N) is 3. The van der Waals surface area contributed by atoms with E-state index in [0.717, 1.165) is 28.0 Å². The van der Waals surface area contributed by atoms with Gasteiger partial charge in [-0.15, -0.1) is 0 Å². The zero-order valence-electron chi connectivity index (χ0n) is 16.5. The summed E-state index contributed by atoms with van der Waals surface area (Å²) in [6.07, 6.45) is 0. The molecule has 29 heavy (non-hydrogen) atoms. The van der Waals surface area contributed by atoms with E-state index < -0.39 is 0 Å². The predicted molar refractivity (Wildman–Crippen MR) is 116 cm³/mol. The summed E-state index contributed by atoms with van der Waals surface area (Å²) in [6, 6.07) is 17.3. The molecule has 0 aliphatic carbocycles. The zero-order valence-corrected chi connectivity index (χ0v) is 17.3. The molecule has 0 unspecified atom stereocenters. The minimum atomic E-state index is -0.151. The highest BCUT2D eigenvalue weighted by atomic mass is 35.5. The second-order valence-electron chi connectivity index (χ2n) is 7.15. The standard InChI is InChI=1S/C23H21ClN4O/c1-14-4-10-19(11-5-14)28-22-21(16(3)27-28)20(12-15(2)26-22)23(29)25-13-17-6-8-18(24)9-7-17/h4-12H,13H2,1-3H3,(H,25,29). The van der Waals surface area contributed by atoms with E-state index in [4.69, 9.17) is 11.6 Å². The van der Waals surface area contributed by atoms with Gasteiger partial charge < -0.3 is 5.32 Å². The Labute approximate surface area is 174 Å². The number of halogens is 1. The molecule has 2 heterocycles. The van der Waals surface area contributed by atoms with Crippen molar-refractivity contribution in [3.63, 3.8) is 0 Å². The molecule has 2 aromatic carbocycles. The lowest BCUT2D eigenvalue weighted by atomic mass is 10.1. The summed E-state index contributed by atoms with van der Waals surface area (Å²) in [5.41, 5.74) is 5.87. The number of pyridine rings is 1. The fourth-order valence-electron chi connectivity index (χ4n) is 3.34. The van der Waals surface area contributed by atoms with Crippen LogP contribution in [0.15, 0.2) is 54.6 Å². The SMILES string of the molecule is Cc1ccc(-n2nc(C)c3c(C(=O)NCc4ccc(Cl)cc4)cc(C)nc32)cc1. The van der Waals surface area contributed by atoms with E-state index in [9.17, 15) is 4.79 Å². The van der Waals surface area contributed by atoms with Gasteiger partial charge in [0.15, 0.2) is 5.65 Å². The normalized spacial score (nSPS) is 11.0. The van der Waals surface area contributed by atoms with Gasteiger partial charge in [0.25, 0.3) is 5.91 Å². The van der Waals surface area contributed by atoms with Crippen molar-refractivity contribution in [2.24, 2.45) is 0 Å². The fraction of sp³-hybridized carbons (Fsp3) is 0.174. The van der Waals surface area contributed by atoms with Crippen LogP contribution >= 0.6 is 11.6 Å². The lowest BCUT2D eigenvalue weighted by Gasteiger charge is -2.09. The number of hydrogen-bond donors (Lipinski definition) is 1. The van der Waals surface area contributed by atoms with Gasteiger partial charge in [-0.05, 0) is 56.7 Å². The summed E-state index contributed by atoms with van der Waals surface area (Å²) >= 11 is 5.93. The van der Waals surface area contributed by atoms with E-state index in [2.05, 4.69) is 15.4 Å². The fourth-order valence-corrected chi connectivity index (χ4v) is 3.46. The van der Waals surface area contributed by atoms with E-state index in [1.807, 2.05) is 75.4 Å².